The summed E-state index contributed by atoms with van der Waals surface area (Å²) in [5.74, 6) is 0.232. The number of nitrogens with zero attached hydrogens (tertiary/aromatic N) is 3. The number of rotatable bonds is 8. The lowest BCUT2D eigenvalue weighted by Crippen LogP contribution is -2.33. The molecule has 0 amide bonds. The molecule has 21 heavy (non-hydrogen) atoms. The third kappa shape index (κ3) is 4.28. The van der Waals surface area contributed by atoms with Gasteiger partial charge in [-0.05, 0) is 13.3 Å². The highest BCUT2D eigenvalue weighted by atomic mass is 32.2. The fraction of sp³-hybridized carbons (Fsp3) is 0.692. The topological polar surface area (TPSA) is 81.5 Å². The van der Waals surface area contributed by atoms with Crippen LogP contribution in [0, 0.1) is 6.92 Å². The Kier molecular flexibility index (Phi) is 6.35. The van der Waals surface area contributed by atoms with E-state index in [1.807, 2.05) is 11.5 Å². The van der Waals surface area contributed by atoms with E-state index < -0.39 is 16.0 Å². The minimum atomic E-state index is -3.68. The van der Waals surface area contributed by atoms with Crippen molar-refractivity contribution < 1.29 is 17.9 Å². The first-order valence-electron chi connectivity index (χ1n) is 6.97. The van der Waals surface area contributed by atoms with Gasteiger partial charge in [-0.3, -0.25) is 4.79 Å². The van der Waals surface area contributed by atoms with Crippen LogP contribution >= 0.6 is 0 Å². The van der Waals surface area contributed by atoms with E-state index in [-0.39, 0.29) is 24.5 Å². The van der Waals surface area contributed by atoms with Crippen LogP contribution in [-0.2, 0) is 26.1 Å². The number of aryl methyl sites for hydroxylation is 2. The quantitative estimate of drug-likeness (QED) is 0.672. The molecule has 8 heteroatoms. The molecule has 0 aliphatic carbocycles. The van der Waals surface area contributed by atoms with Gasteiger partial charge in [0.25, 0.3) is 10.0 Å². The largest absolute Gasteiger partial charge is 0.469 e. The van der Waals surface area contributed by atoms with Crippen LogP contribution < -0.4 is 0 Å². The molecule has 0 aliphatic heterocycles. The minimum absolute atomic E-state index is 0.0260. The number of esters is 1. The average Bonchev–Trinajstić information content (AvgIpc) is 2.81. The van der Waals surface area contributed by atoms with Crippen LogP contribution in [0.4, 0.5) is 0 Å². The molecule has 0 aliphatic rings. The molecule has 0 spiro atoms. The molecule has 0 N–H and O–H groups in total. The van der Waals surface area contributed by atoms with E-state index in [0.29, 0.717) is 5.82 Å². The zero-order chi connectivity index (χ0) is 16.0. The lowest BCUT2D eigenvalue weighted by molar-refractivity contribution is -0.140. The van der Waals surface area contributed by atoms with Gasteiger partial charge in [-0.1, -0.05) is 13.8 Å². The minimum Gasteiger partial charge on any atom is -0.469 e. The Bertz CT molecular complexity index is 580. The lowest BCUT2D eigenvalue weighted by Gasteiger charge is -2.18. The highest BCUT2D eigenvalue weighted by Crippen LogP contribution is 2.16. The maximum absolute atomic E-state index is 12.5. The number of hydrogen-bond donors (Lipinski definition) is 0. The molecule has 7 nitrogen and oxygen atoms in total. The Labute approximate surface area is 126 Å². The van der Waals surface area contributed by atoms with Crippen molar-refractivity contribution >= 4 is 16.0 Å². The van der Waals surface area contributed by atoms with Gasteiger partial charge in [0.1, 0.15) is 5.82 Å². The number of methoxy groups -OCH3 is 1. The number of imidazole rings is 1. The number of ether oxygens (including phenoxy) is 1. The normalized spacial score (nSPS) is 11.9. The molecule has 1 aromatic heterocycles. The maximum atomic E-state index is 12.5. The van der Waals surface area contributed by atoms with E-state index in [1.165, 1.54) is 11.4 Å². The van der Waals surface area contributed by atoms with E-state index in [2.05, 4.69) is 9.72 Å². The molecule has 0 fully saturated rings. The monoisotopic (exact) mass is 317 g/mol. The van der Waals surface area contributed by atoms with Crippen LogP contribution in [0.15, 0.2) is 11.2 Å². The number of carbonyl (C=O) groups excluding carboxylic acids is 1. The summed E-state index contributed by atoms with van der Waals surface area (Å²) < 4.78 is 32.7. The van der Waals surface area contributed by atoms with Gasteiger partial charge in [-0.15, -0.1) is 0 Å². The van der Waals surface area contributed by atoms with Gasteiger partial charge >= 0.3 is 5.97 Å². The van der Waals surface area contributed by atoms with Gasteiger partial charge in [0.2, 0.25) is 0 Å². The Morgan fingerprint density at radius 2 is 2.10 bits per heavy atom. The summed E-state index contributed by atoms with van der Waals surface area (Å²) in [6, 6.07) is 0. The molecule has 1 rings (SSSR count). The zero-order valence-corrected chi connectivity index (χ0v) is 13.8. The second-order valence-electron chi connectivity index (χ2n) is 4.64. The van der Waals surface area contributed by atoms with Crippen molar-refractivity contribution in [3.63, 3.8) is 0 Å². The van der Waals surface area contributed by atoms with Crippen molar-refractivity contribution in [3.8, 4) is 0 Å². The second kappa shape index (κ2) is 7.56. The first-order valence-corrected chi connectivity index (χ1v) is 8.41. The Hall–Kier alpha value is -1.41. The molecule has 0 bridgehead atoms. The van der Waals surface area contributed by atoms with Crippen molar-refractivity contribution in [2.24, 2.45) is 0 Å². The summed E-state index contributed by atoms with van der Waals surface area (Å²) in [7, 11) is -2.40. The van der Waals surface area contributed by atoms with Crippen LogP contribution in [0.25, 0.3) is 0 Å². The van der Waals surface area contributed by atoms with Crippen molar-refractivity contribution in [1.82, 2.24) is 13.9 Å². The van der Waals surface area contributed by atoms with Crippen molar-refractivity contribution in [1.29, 1.82) is 0 Å². The van der Waals surface area contributed by atoms with Crippen molar-refractivity contribution in [2.75, 3.05) is 20.2 Å². The number of hydrogen-bond acceptors (Lipinski definition) is 5. The fourth-order valence-corrected chi connectivity index (χ4v) is 3.41. The Balaban J connectivity index is 2.96. The maximum Gasteiger partial charge on any atom is 0.306 e. The van der Waals surface area contributed by atoms with Crippen molar-refractivity contribution in [3.05, 3.63) is 12.0 Å². The molecule has 0 atom stereocenters. The van der Waals surface area contributed by atoms with Gasteiger partial charge in [0.15, 0.2) is 5.03 Å². The van der Waals surface area contributed by atoms with E-state index in [0.717, 1.165) is 13.0 Å². The average molecular weight is 317 g/mol. The summed E-state index contributed by atoms with van der Waals surface area (Å²) in [6.45, 7) is 6.61. The van der Waals surface area contributed by atoms with Gasteiger partial charge in [-0.25, -0.2) is 13.4 Å². The van der Waals surface area contributed by atoms with Gasteiger partial charge < -0.3 is 9.30 Å². The zero-order valence-electron chi connectivity index (χ0n) is 13.0. The Morgan fingerprint density at radius 1 is 1.43 bits per heavy atom. The van der Waals surface area contributed by atoms with Crippen LogP contribution in [-0.4, -0.2) is 48.4 Å². The third-order valence-corrected chi connectivity index (χ3v) is 5.01. The predicted octanol–water partition coefficient (Wildman–Crippen LogP) is 1.18. The Morgan fingerprint density at radius 3 is 2.62 bits per heavy atom. The summed E-state index contributed by atoms with van der Waals surface area (Å²) in [5, 5.41) is 0.0279. The summed E-state index contributed by atoms with van der Waals surface area (Å²) >= 11 is 0. The molecule has 120 valence electrons. The number of carbonyl (C=O) groups is 1. The molecule has 0 saturated heterocycles. The summed E-state index contributed by atoms with van der Waals surface area (Å²) in [4.78, 5) is 15.3. The van der Waals surface area contributed by atoms with Crippen molar-refractivity contribution in [2.45, 2.75) is 45.2 Å². The van der Waals surface area contributed by atoms with E-state index in [1.54, 1.807) is 20.0 Å². The highest BCUT2D eigenvalue weighted by molar-refractivity contribution is 7.89. The highest BCUT2D eigenvalue weighted by Gasteiger charge is 2.26. The van der Waals surface area contributed by atoms with E-state index in [4.69, 9.17) is 0 Å². The predicted molar refractivity (Wildman–Crippen MR) is 78.3 cm³/mol. The van der Waals surface area contributed by atoms with Gasteiger partial charge in [-0.2, -0.15) is 4.31 Å². The van der Waals surface area contributed by atoms with Crippen LogP contribution in [0.5, 0.6) is 0 Å². The molecular formula is C13H23N3O4S. The third-order valence-electron chi connectivity index (χ3n) is 3.17. The molecule has 1 heterocycles. The summed E-state index contributed by atoms with van der Waals surface area (Å²) in [6.07, 6.45) is 2.48. The molecule has 1 aromatic rings. The molecule has 0 unspecified atom stereocenters. The lowest BCUT2D eigenvalue weighted by atomic mass is 10.4. The summed E-state index contributed by atoms with van der Waals surface area (Å²) in [5.41, 5.74) is 0. The van der Waals surface area contributed by atoms with Crippen LogP contribution in [0.3, 0.4) is 0 Å². The standard InChI is InChI=1S/C13H23N3O4S/c1-5-8-15-10-12(14-11(15)3)21(18,19)16(6-2)9-7-13(17)20-4/h10H,5-9H2,1-4H3. The first-order chi connectivity index (χ1) is 9.86. The molecular weight excluding hydrogens is 294 g/mol. The van der Waals surface area contributed by atoms with E-state index >= 15 is 0 Å². The smallest absolute Gasteiger partial charge is 0.306 e. The van der Waals surface area contributed by atoms with Gasteiger partial charge in [0.05, 0.1) is 13.5 Å². The van der Waals surface area contributed by atoms with Gasteiger partial charge in [0, 0.05) is 25.8 Å². The van der Waals surface area contributed by atoms with E-state index in [9.17, 15) is 13.2 Å². The van der Waals surface area contributed by atoms with Crippen LogP contribution in [0.2, 0.25) is 0 Å². The molecule has 0 saturated carbocycles. The molecule has 0 radical (unpaired) electrons. The SMILES string of the molecule is CCCn1cc(S(=O)(=O)N(CC)CCC(=O)OC)nc1C. The number of sulfonamides is 1. The van der Waals surface area contributed by atoms with Crippen LogP contribution in [0.1, 0.15) is 32.5 Å². The first kappa shape index (κ1) is 17.6. The number of aromatic nitrogens is 2. The fourth-order valence-electron chi connectivity index (χ4n) is 1.97. The second-order valence-corrected chi connectivity index (χ2v) is 6.53. The molecule has 0 aromatic carbocycles.